The second kappa shape index (κ2) is 4.18. The minimum atomic E-state index is 0.490. The lowest BCUT2D eigenvalue weighted by Gasteiger charge is -2.33. The van der Waals surface area contributed by atoms with Crippen LogP contribution in [0.25, 0.3) is 0 Å². The van der Waals surface area contributed by atoms with Gasteiger partial charge in [0.25, 0.3) is 0 Å². The van der Waals surface area contributed by atoms with Crippen molar-refractivity contribution in [3.8, 4) is 0 Å². The maximum atomic E-state index is 2.35. The summed E-state index contributed by atoms with van der Waals surface area (Å²) in [5, 5.41) is 0. The average Bonchev–Trinajstić information content (AvgIpc) is 1.79. The largest absolute Gasteiger partial charge is 0.124 e. The average molecular weight is 154 g/mol. The molecule has 0 N–H and O–H groups in total. The van der Waals surface area contributed by atoms with E-state index in [-0.39, 0.29) is 0 Å². The summed E-state index contributed by atoms with van der Waals surface area (Å²) in [6.45, 7) is 14.0. The predicted molar refractivity (Wildman–Crippen MR) is 55.7 cm³/mol. The van der Waals surface area contributed by atoms with Gasteiger partial charge in [0.15, 0.2) is 0 Å². The highest BCUT2D eigenvalue weighted by molar-refractivity contribution is 6.37. The van der Waals surface area contributed by atoms with Gasteiger partial charge in [-0.15, -0.1) is 0 Å². The van der Waals surface area contributed by atoms with Crippen molar-refractivity contribution in [2.45, 2.75) is 53.7 Å². The lowest BCUT2D eigenvalue weighted by Crippen LogP contribution is -2.24. The fraction of sp³-hybridized carbons (Fsp3) is 1.00. The number of rotatable bonds is 3. The fourth-order valence-corrected chi connectivity index (χ4v) is 2.08. The lowest BCUT2D eigenvalue weighted by atomic mass is 9.50. The summed E-state index contributed by atoms with van der Waals surface area (Å²) in [7, 11) is 1.38. The summed E-state index contributed by atoms with van der Waals surface area (Å²) in [5.41, 5.74) is 0.490. The predicted octanol–water partition coefficient (Wildman–Crippen LogP) is 3.35. The molecule has 0 saturated carbocycles. The molecule has 0 spiro atoms. The zero-order valence-electron chi connectivity index (χ0n) is 9.07. The summed E-state index contributed by atoms with van der Waals surface area (Å²) in [5.74, 6) is 1.71. The van der Waals surface area contributed by atoms with E-state index in [1.807, 2.05) is 0 Å². The molecule has 0 aromatic rings. The molecule has 0 fully saturated rings. The summed E-state index contributed by atoms with van der Waals surface area (Å²) >= 11 is 0. The van der Waals surface area contributed by atoms with E-state index in [1.165, 1.54) is 13.6 Å². The van der Waals surface area contributed by atoms with Crippen LogP contribution in [0.5, 0.6) is 0 Å². The van der Waals surface area contributed by atoms with Crippen molar-refractivity contribution in [2.24, 2.45) is 11.3 Å². The van der Waals surface area contributed by atoms with Gasteiger partial charge in [0, 0.05) is 0 Å². The van der Waals surface area contributed by atoms with Crippen LogP contribution in [0.3, 0.4) is 0 Å². The van der Waals surface area contributed by atoms with Gasteiger partial charge in [0.2, 0.25) is 0 Å². The van der Waals surface area contributed by atoms with Crippen molar-refractivity contribution >= 4 is 7.28 Å². The van der Waals surface area contributed by atoms with E-state index in [4.69, 9.17) is 0 Å². The molecule has 0 rings (SSSR count). The van der Waals surface area contributed by atoms with E-state index in [1.54, 1.807) is 0 Å². The van der Waals surface area contributed by atoms with E-state index in [9.17, 15) is 0 Å². The molecule has 0 aromatic heterocycles. The highest BCUT2D eigenvalue weighted by Gasteiger charge is 2.26. The maximum absolute atomic E-state index is 2.35. The Labute approximate surface area is 73.0 Å². The molecule has 1 heteroatoms. The van der Waals surface area contributed by atoms with E-state index >= 15 is 0 Å². The van der Waals surface area contributed by atoms with Crippen LogP contribution in [0.2, 0.25) is 12.1 Å². The van der Waals surface area contributed by atoms with E-state index in [2.05, 4.69) is 41.5 Å². The first-order valence-electron chi connectivity index (χ1n) is 4.89. The second-order valence-electron chi connectivity index (χ2n) is 5.01. The first-order chi connectivity index (χ1) is 4.89. The molecule has 0 aliphatic rings. The van der Waals surface area contributed by atoms with Gasteiger partial charge >= 0.3 is 0 Å². The first kappa shape index (κ1) is 11.1. The van der Waals surface area contributed by atoms with Crippen LogP contribution < -0.4 is 0 Å². The molecule has 0 amide bonds. The molecular formula is C10H23B. The molecular weight excluding hydrogens is 131 g/mol. The number of hydrogen-bond acceptors (Lipinski definition) is 0. The Morgan fingerprint density at radius 2 is 1.64 bits per heavy atom. The van der Waals surface area contributed by atoms with Crippen LogP contribution >= 0.6 is 0 Å². The minimum absolute atomic E-state index is 0.490. The normalized spacial score (nSPS) is 15.2. The summed E-state index contributed by atoms with van der Waals surface area (Å²) in [6, 6.07) is 0. The molecule has 0 aliphatic carbocycles. The molecule has 0 heterocycles. The van der Waals surface area contributed by atoms with Crippen molar-refractivity contribution in [1.82, 2.24) is 0 Å². The molecule has 0 aliphatic heterocycles. The molecule has 0 radical (unpaired) electrons. The standard InChI is InChI=1S/C10H23B/c1-7-11-9(8(2)3)10(4,5)6/h8-9,11H,7H2,1-6H3. The van der Waals surface area contributed by atoms with Crippen LogP contribution in [0.15, 0.2) is 0 Å². The second-order valence-corrected chi connectivity index (χ2v) is 5.01. The summed E-state index contributed by atoms with van der Waals surface area (Å²) in [6.07, 6.45) is 1.32. The first-order valence-corrected chi connectivity index (χ1v) is 4.89. The Morgan fingerprint density at radius 1 is 1.18 bits per heavy atom. The van der Waals surface area contributed by atoms with Crippen LogP contribution in [0, 0.1) is 11.3 Å². The Bertz CT molecular complexity index is 99.9. The smallest absolute Gasteiger partial charge is 0.0800 e. The molecule has 0 nitrogen and oxygen atoms in total. The highest BCUT2D eigenvalue weighted by Crippen LogP contribution is 2.37. The monoisotopic (exact) mass is 154 g/mol. The lowest BCUT2D eigenvalue weighted by molar-refractivity contribution is 0.318. The highest BCUT2D eigenvalue weighted by atomic mass is 14.2. The zero-order valence-corrected chi connectivity index (χ0v) is 9.07. The molecule has 66 valence electrons. The van der Waals surface area contributed by atoms with Crippen molar-refractivity contribution in [1.29, 1.82) is 0 Å². The van der Waals surface area contributed by atoms with E-state index in [0.717, 1.165) is 11.7 Å². The SMILES string of the molecule is CCBC(C(C)C)C(C)(C)C. The molecule has 0 aromatic carbocycles. The van der Waals surface area contributed by atoms with Gasteiger partial charge in [-0.05, 0) is 5.41 Å². The van der Waals surface area contributed by atoms with Gasteiger partial charge in [-0.3, -0.25) is 0 Å². The van der Waals surface area contributed by atoms with Crippen LogP contribution in [-0.4, -0.2) is 7.28 Å². The molecule has 1 unspecified atom stereocenters. The van der Waals surface area contributed by atoms with Gasteiger partial charge < -0.3 is 0 Å². The fourth-order valence-electron chi connectivity index (χ4n) is 2.08. The molecule has 11 heavy (non-hydrogen) atoms. The van der Waals surface area contributed by atoms with Crippen molar-refractivity contribution in [3.63, 3.8) is 0 Å². The van der Waals surface area contributed by atoms with Crippen LogP contribution in [-0.2, 0) is 0 Å². The Balaban J connectivity index is 4.10. The molecule has 1 atom stereocenters. The van der Waals surface area contributed by atoms with Gasteiger partial charge in [-0.1, -0.05) is 59.6 Å². The van der Waals surface area contributed by atoms with Gasteiger partial charge in [-0.2, -0.15) is 0 Å². The molecule has 0 saturated heterocycles. The Hall–Kier alpha value is 0.0649. The van der Waals surface area contributed by atoms with E-state index < -0.39 is 0 Å². The quantitative estimate of drug-likeness (QED) is 0.547. The zero-order chi connectivity index (χ0) is 9.07. The van der Waals surface area contributed by atoms with Crippen molar-refractivity contribution in [3.05, 3.63) is 0 Å². The molecule has 0 bridgehead atoms. The third-order valence-corrected chi connectivity index (χ3v) is 2.52. The third kappa shape index (κ3) is 3.84. The Kier molecular flexibility index (Phi) is 4.21. The van der Waals surface area contributed by atoms with Gasteiger partial charge in [0.1, 0.15) is 7.28 Å². The van der Waals surface area contributed by atoms with Gasteiger partial charge in [-0.25, -0.2) is 0 Å². The van der Waals surface area contributed by atoms with Crippen molar-refractivity contribution in [2.75, 3.05) is 0 Å². The summed E-state index contributed by atoms with van der Waals surface area (Å²) in [4.78, 5) is 0. The van der Waals surface area contributed by atoms with Crippen molar-refractivity contribution < 1.29 is 0 Å². The minimum Gasteiger partial charge on any atom is -0.0800 e. The summed E-state index contributed by atoms with van der Waals surface area (Å²) < 4.78 is 0. The number of hydrogen-bond donors (Lipinski definition) is 0. The van der Waals surface area contributed by atoms with Crippen LogP contribution in [0.1, 0.15) is 41.5 Å². The Morgan fingerprint density at radius 3 is 1.73 bits per heavy atom. The van der Waals surface area contributed by atoms with Crippen LogP contribution in [0.4, 0.5) is 0 Å². The van der Waals surface area contributed by atoms with E-state index in [0.29, 0.717) is 5.41 Å². The topological polar surface area (TPSA) is 0 Å². The maximum Gasteiger partial charge on any atom is 0.124 e. The van der Waals surface area contributed by atoms with Gasteiger partial charge in [0.05, 0.1) is 0 Å². The third-order valence-electron chi connectivity index (χ3n) is 2.52.